The van der Waals surface area contributed by atoms with Crippen LogP contribution in [0.3, 0.4) is 0 Å². The van der Waals surface area contributed by atoms with E-state index in [0.717, 1.165) is 12.8 Å². The number of esters is 1. The number of rotatable bonds is 5. The summed E-state index contributed by atoms with van der Waals surface area (Å²) in [5.41, 5.74) is -0.00634. The molecule has 2 N–H and O–H groups in total. The molecule has 1 saturated heterocycles. The number of urea groups is 1. The van der Waals surface area contributed by atoms with E-state index in [1.165, 1.54) is 18.2 Å². The predicted octanol–water partition coefficient (Wildman–Crippen LogP) is 1.75. The highest BCUT2D eigenvalue weighted by atomic mass is 19.1. The van der Waals surface area contributed by atoms with Crippen LogP contribution in [0.1, 0.15) is 19.8 Å². The molecule has 0 radical (unpaired) electrons. The molecule has 3 amide bonds. The van der Waals surface area contributed by atoms with Gasteiger partial charge in [-0.15, -0.1) is 0 Å². The van der Waals surface area contributed by atoms with Crippen molar-refractivity contribution in [1.82, 2.24) is 10.2 Å². The molecular formula is C17H22FN3O4. The van der Waals surface area contributed by atoms with E-state index in [1.54, 1.807) is 17.9 Å². The Kier molecular flexibility index (Phi) is 6.88. The number of ether oxygens (including phenoxy) is 1. The Morgan fingerprint density at radius 1 is 1.32 bits per heavy atom. The lowest BCUT2D eigenvalue weighted by Crippen LogP contribution is -2.46. The van der Waals surface area contributed by atoms with Gasteiger partial charge in [0.1, 0.15) is 5.82 Å². The first-order chi connectivity index (χ1) is 12.0. The second-order valence-corrected chi connectivity index (χ2v) is 5.81. The number of hydrogen-bond donors (Lipinski definition) is 2. The number of likely N-dealkylation sites (tertiary alicyclic amines) is 1. The molecule has 1 heterocycles. The summed E-state index contributed by atoms with van der Waals surface area (Å²) in [7, 11) is 0. The highest BCUT2D eigenvalue weighted by Gasteiger charge is 2.28. The molecule has 1 aliphatic heterocycles. The zero-order valence-corrected chi connectivity index (χ0v) is 14.1. The number of nitrogens with zero attached hydrogens (tertiary/aromatic N) is 1. The van der Waals surface area contributed by atoms with Crippen LogP contribution >= 0.6 is 0 Å². The minimum atomic E-state index is -0.797. The van der Waals surface area contributed by atoms with Crippen molar-refractivity contribution in [2.45, 2.75) is 19.8 Å². The third-order valence-electron chi connectivity index (χ3n) is 3.87. The van der Waals surface area contributed by atoms with Gasteiger partial charge in [0.05, 0.1) is 24.8 Å². The van der Waals surface area contributed by atoms with E-state index >= 15 is 0 Å². The molecule has 7 nitrogen and oxygen atoms in total. The minimum absolute atomic E-state index is 0.00634. The van der Waals surface area contributed by atoms with Gasteiger partial charge in [-0.1, -0.05) is 12.1 Å². The molecule has 1 aromatic carbocycles. The largest absolute Gasteiger partial charge is 0.466 e. The number of benzene rings is 1. The number of para-hydroxylation sites is 1. The highest BCUT2D eigenvalue weighted by Crippen LogP contribution is 2.17. The molecule has 8 heteroatoms. The monoisotopic (exact) mass is 351 g/mol. The van der Waals surface area contributed by atoms with Gasteiger partial charge < -0.3 is 10.1 Å². The van der Waals surface area contributed by atoms with E-state index in [0.29, 0.717) is 19.7 Å². The Hall–Kier alpha value is -2.48. The maximum absolute atomic E-state index is 13.5. The summed E-state index contributed by atoms with van der Waals surface area (Å²) in [6.07, 6.45) is 1.50. The first kappa shape index (κ1) is 18.9. The third-order valence-corrected chi connectivity index (χ3v) is 3.87. The maximum atomic E-state index is 13.5. The lowest BCUT2D eigenvalue weighted by atomic mass is 9.98. The summed E-state index contributed by atoms with van der Waals surface area (Å²) in [6, 6.07) is 4.88. The van der Waals surface area contributed by atoms with Gasteiger partial charge in [-0.05, 0) is 38.4 Å². The van der Waals surface area contributed by atoms with Gasteiger partial charge in [0.25, 0.3) is 0 Å². The second-order valence-electron chi connectivity index (χ2n) is 5.81. The topological polar surface area (TPSA) is 87.7 Å². The van der Waals surface area contributed by atoms with Crippen molar-refractivity contribution in [3.8, 4) is 0 Å². The zero-order valence-electron chi connectivity index (χ0n) is 14.1. The van der Waals surface area contributed by atoms with Crippen LogP contribution < -0.4 is 10.6 Å². The Morgan fingerprint density at radius 2 is 2.08 bits per heavy atom. The molecule has 0 aromatic heterocycles. The van der Waals surface area contributed by atoms with Crippen molar-refractivity contribution < 1.29 is 23.5 Å². The molecular weight excluding hydrogens is 329 g/mol. The molecule has 1 aromatic rings. The summed E-state index contributed by atoms with van der Waals surface area (Å²) in [6.45, 7) is 3.15. The maximum Gasteiger partial charge on any atom is 0.326 e. The number of imide groups is 1. The fraction of sp³-hybridized carbons (Fsp3) is 0.471. The van der Waals surface area contributed by atoms with Crippen LogP contribution in [0.25, 0.3) is 0 Å². The molecule has 0 spiro atoms. The molecule has 1 fully saturated rings. The number of halogens is 1. The molecule has 25 heavy (non-hydrogen) atoms. The van der Waals surface area contributed by atoms with Gasteiger partial charge in [0, 0.05) is 6.54 Å². The zero-order chi connectivity index (χ0) is 18.2. The second kappa shape index (κ2) is 9.12. The van der Waals surface area contributed by atoms with Gasteiger partial charge in [0.2, 0.25) is 5.91 Å². The molecule has 0 saturated carbocycles. The predicted molar refractivity (Wildman–Crippen MR) is 89.4 cm³/mol. The number of hydrogen-bond acceptors (Lipinski definition) is 5. The van der Waals surface area contributed by atoms with Crippen molar-refractivity contribution in [1.29, 1.82) is 0 Å². The van der Waals surface area contributed by atoms with E-state index in [9.17, 15) is 18.8 Å². The highest BCUT2D eigenvalue weighted by molar-refractivity contribution is 6.01. The van der Waals surface area contributed by atoms with E-state index in [2.05, 4.69) is 10.6 Å². The molecule has 1 atom stereocenters. The van der Waals surface area contributed by atoms with Gasteiger partial charge >= 0.3 is 12.0 Å². The number of piperidine rings is 1. The first-order valence-electron chi connectivity index (χ1n) is 8.24. The average Bonchev–Trinajstić information content (AvgIpc) is 2.57. The third kappa shape index (κ3) is 5.82. The fourth-order valence-electron chi connectivity index (χ4n) is 2.74. The van der Waals surface area contributed by atoms with Crippen molar-refractivity contribution >= 4 is 23.6 Å². The fourth-order valence-corrected chi connectivity index (χ4v) is 2.74. The summed E-state index contributed by atoms with van der Waals surface area (Å²) in [4.78, 5) is 37.3. The van der Waals surface area contributed by atoms with E-state index in [1.807, 2.05) is 0 Å². The van der Waals surface area contributed by atoms with Crippen LogP contribution in [0.4, 0.5) is 14.9 Å². The standard InChI is InChI=1S/C17H22FN3O4/c1-2-25-16(23)12-6-5-9-21(10-12)11-15(22)20-17(24)19-14-8-4-3-7-13(14)18/h3-4,7-8,12H,2,5-6,9-11H2,1H3,(H2,19,20,22,24). The quantitative estimate of drug-likeness (QED) is 0.789. The van der Waals surface area contributed by atoms with E-state index < -0.39 is 17.8 Å². The van der Waals surface area contributed by atoms with Crippen LogP contribution in [-0.2, 0) is 14.3 Å². The van der Waals surface area contributed by atoms with Crippen molar-refractivity contribution in [2.24, 2.45) is 5.92 Å². The molecule has 2 rings (SSSR count). The minimum Gasteiger partial charge on any atom is -0.466 e. The van der Waals surface area contributed by atoms with Crippen LogP contribution in [-0.4, -0.2) is 49.0 Å². The van der Waals surface area contributed by atoms with Crippen LogP contribution in [0.2, 0.25) is 0 Å². The Balaban J connectivity index is 1.80. The van der Waals surface area contributed by atoms with Crippen LogP contribution in [0.15, 0.2) is 24.3 Å². The van der Waals surface area contributed by atoms with Crippen LogP contribution in [0.5, 0.6) is 0 Å². The van der Waals surface area contributed by atoms with E-state index in [-0.39, 0.29) is 24.1 Å². The Labute approximate surface area is 145 Å². The van der Waals surface area contributed by atoms with Crippen molar-refractivity contribution in [2.75, 3.05) is 31.6 Å². The Bertz CT molecular complexity index is 638. The van der Waals surface area contributed by atoms with Crippen molar-refractivity contribution in [3.05, 3.63) is 30.1 Å². The van der Waals surface area contributed by atoms with Gasteiger partial charge in [0.15, 0.2) is 0 Å². The summed E-state index contributed by atoms with van der Waals surface area (Å²) >= 11 is 0. The summed E-state index contributed by atoms with van der Waals surface area (Å²) < 4.78 is 18.5. The van der Waals surface area contributed by atoms with Gasteiger partial charge in [-0.3, -0.25) is 19.8 Å². The molecule has 1 aliphatic rings. The lowest BCUT2D eigenvalue weighted by Gasteiger charge is -2.30. The SMILES string of the molecule is CCOC(=O)C1CCCN(CC(=O)NC(=O)Nc2ccccc2F)C1. The van der Waals surface area contributed by atoms with Gasteiger partial charge in [-0.25, -0.2) is 9.18 Å². The molecule has 0 aliphatic carbocycles. The van der Waals surface area contributed by atoms with Crippen LogP contribution in [0, 0.1) is 11.7 Å². The summed E-state index contributed by atoms with van der Waals surface area (Å²) in [5, 5.41) is 4.44. The smallest absolute Gasteiger partial charge is 0.326 e. The molecule has 0 bridgehead atoms. The Morgan fingerprint density at radius 3 is 2.80 bits per heavy atom. The summed E-state index contributed by atoms with van der Waals surface area (Å²) in [5.74, 6) is -1.62. The van der Waals surface area contributed by atoms with Crippen molar-refractivity contribution in [3.63, 3.8) is 0 Å². The van der Waals surface area contributed by atoms with E-state index in [4.69, 9.17) is 4.74 Å². The normalized spacial score (nSPS) is 17.6. The number of carbonyl (C=O) groups excluding carboxylic acids is 3. The lowest BCUT2D eigenvalue weighted by molar-refractivity contribution is -0.150. The van der Waals surface area contributed by atoms with Gasteiger partial charge in [-0.2, -0.15) is 0 Å². The molecule has 136 valence electrons. The number of nitrogens with one attached hydrogen (secondary N) is 2. The first-order valence-corrected chi connectivity index (χ1v) is 8.24. The number of carbonyl (C=O) groups is 3. The average molecular weight is 351 g/mol. The molecule has 1 unspecified atom stereocenters. The number of anilines is 1. The number of amides is 3.